The van der Waals surface area contributed by atoms with E-state index >= 15 is 0 Å². The summed E-state index contributed by atoms with van der Waals surface area (Å²) in [5, 5.41) is 3.80. The number of methoxy groups -OCH3 is 1. The number of nitrogens with zero attached hydrogens (tertiary/aromatic N) is 1. The third kappa shape index (κ3) is 1.76. The summed E-state index contributed by atoms with van der Waals surface area (Å²) in [5.74, 6) is 0.865. The number of aromatic nitrogens is 1. The number of ether oxygens (including phenoxy) is 1. The molecule has 0 N–H and O–H groups in total. The summed E-state index contributed by atoms with van der Waals surface area (Å²) in [6, 6.07) is 10.7. The van der Waals surface area contributed by atoms with Crippen LogP contribution in [0, 0.1) is 6.07 Å². The topological polar surface area (TPSA) is 35.3 Å². The van der Waals surface area contributed by atoms with Gasteiger partial charge in [0, 0.05) is 12.0 Å². The molecule has 3 nitrogen and oxygen atoms in total. The van der Waals surface area contributed by atoms with Crippen LogP contribution >= 0.6 is 0 Å². The highest BCUT2D eigenvalue weighted by molar-refractivity contribution is 5.35. The van der Waals surface area contributed by atoms with Gasteiger partial charge in [-0.3, -0.25) is 0 Å². The molecular weight excluding hydrogens is 178 g/mol. The number of rotatable bonds is 3. The SMILES string of the molecule is COc1ccccc1Cc1[c]con1. The van der Waals surface area contributed by atoms with Crippen LogP contribution in [-0.4, -0.2) is 12.3 Å². The van der Waals surface area contributed by atoms with E-state index in [0.717, 1.165) is 17.0 Å². The molecule has 0 aliphatic rings. The minimum atomic E-state index is 0.681. The van der Waals surface area contributed by atoms with Crippen LogP contribution in [0.1, 0.15) is 11.3 Å². The van der Waals surface area contributed by atoms with Gasteiger partial charge in [-0.25, -0.2) is 0 Å². The number of hydrogen-bond donors (Lipinski definition) is 0. The molecule has 1 aromatic carbocycles. The van der Waals surface area contributed by atoms with E-state index in [1.807, 2.05) is 24.3 Å². The van der Waals surface area contributed by atoms with Gasteiger partial charge in [-0.2, -0.15) is 0 Å². The molecule has 2 aromatic rings. The minimum absolute atomic E-state index is 0.681. The molecule has 0 fully saturated rings. The van der Waals surface area contributed by atoms with Gasteiger partial charge in [0.25, 0.3) is 0 Å². The highest BCUT2D eigenvalue weighted by Crippen LogP contribution is 2.19. The van der Waals surface area contributed by atoms with Crippen molar-refractivity contribution >= 4 is 0 Å². The van der Waals surface area contributed by atoms with Crippen LogP contribution in [0.3, 0.4) is 0 Å². The van der Waals surface area contributed by atoms with Gasteiger partial charge in [0.05, 0.1) is 18.9 Å². The van der Waals surface area contributed by atoms with Gasteiger partial charge in [0.2, 0.25) is 0 Å². The lowest BCUT2D eigenvalue weighted by Gasteiger charge is -2.05. The van der Waals surface area contributed by atoms with Crippen molar-refractivity contribution in [3.8, 4) is 5.75 Å². The first-order chi connectivity index (χ1) is 6.90. The summed E-state index contributed by atoms with van der Waals surface area (Å²) < 4.78 is 9.94. The molecule has 0 saturated heterocycles. The number of para-hydroxylation sites is 1. The van der Waals surface area contributed by atoms with Gasteiger partial charge >= 0.3 is 0 Å². The Bertz CT molecular complexity index is 395. The standard InChI is InChI=1S/C11H10NO2/c1-13-11-5-3-2-4-9(11)8-10-6-7-14-12-10/h2-5,7H,8H2,1H3. The minimum Gasteiger partial charge on any atom is -0.496 e. The van der Waals surface area contributed by atoms with Crippen molar-refractivity contribution in [1.29, 1.82) is 0 Å². The van der Waals surface area contributed by atoms with Crippen molar-refractivity contribution in [3.05, 3.63) is 47.9 Å². The molecule has 0 atom stereocenters. The summed E-state index contributed by atoms with van der Waals surface area (Å²) in [6.45, 7) is 0. The Kier molecular flexibility index (Phi) is 2.49. The van der Waals surface area contributed by atoms with E-state index in [9.17, 15) is 0 Å². The molecule has 0 unspecified atom stereocenters. The lowest BCUT2D eigenvalue weighted by molar-refractivity contribution is 0.405. The van der Waals surface area contributed by atoms with E-state index in [0.29, 0.717) is 6.42 Å². The molecule has 0 aliphatic carbocycles. The average Bonchev–Trinajstić information content (AvgIpc) is 2.71. The molecule has 1 radical (unpaired) electrons. The Labute approximate surface area is 82.3 Å². The van der Waals surface area contributed by atoms with Gasteiger partial charge in [-0.1, -0.05) is 23.4 Å². The highest BCUT2D eigenvalue weighted by atomic mass is 16.5. The Morgan fingerprint density at radius 1 is 1.43 bits per heavy atom. The maximum Gasteiger partial charge on any atom is 0.132 e. The Hall–Kier alpha value is -1.77. The first kappa shape index (κ1) is 8.81. The van der Waals surface area contributed by atoms with Crippen LogP contribution in [0.4, 0.5) is 0 Å². The number of benzene rings is 1. The van der Waals surface area contributed by atoms with Crippen molar-refractivity contribution in [2.24, 2.45) is 0 Å². The van der Waals surface area contributed by atoms with Crippen molar-refractivity contribution in [1.82, 2.24) is 5.16 Å². The van der Waals surface area contributed by atoms with Crippen LogP contribution in [-0.2, 0) is 6.42 Å². The molecule has 0 bridgehead atoms. The fourth-order valence-electron chi connectivity index (χ4n) is 1.32. The molecule has 0 aliphatic heterocycles. The Morgan fingerprint density at radius 2 is 2.29 bits per heavy atom. The van der Waals surface area contributed by atoms with Crippen LogP contribution in [0.5, 0.6) is 5.75 Å². The fourth-order valence-corrected chi connectivity index (χ4v) is 1.32. The first-order valence-corrected chi connectivity index (χ1v) is 4.33. The summed E-state index contributed by atoms with van der Waals surface area (Å²) in [6.07, 6.45) is 2.13. The summed E-state index contributed by atoms with van der Waals surface area (Å²) >= 11 is 0. The zero-order valence-electron chi connectivity index (χ0n) is 7.86. The van der Waals surface area contributed by atoms with Crippen molar-refractivity contribution in [3.63, 3.8) is 0 Å². The van der Waals surface area contributed by atoms with Gasteiger partial charge in [0.1, 0.15) is 12.0 Å². The second-order valence-corrected chi connectivity index (χ2v) is 2.89. The van der Waals surface area contributed by atoms with E-state index in [4.69, 9.17) is 9.26 Å². The molecule has 71 valence electrons. The van der Waals surface area contributed by atoms with Crippen LogP contribution in [0.2, 0.25) is 0 Å². The maximum atomic E-state index is 5.22. The lowest BCUT2D eigenvalue weighted by atomic mass is 10.1. The monoisotopic (exact) mass is 188 g/mol. The van der Waals surface area contributed by atoms with Crippen molar-refractivity contribution in [2.75, 3.05) is 7.11 Å². The molecule has 1 heterocycles. The highest BCUT2D eigenvalue weighted by Gasteiger charge is 2.04. The molecule has 0 amide bonds. The molecule has 3 heteroatoms. The predicted octanol–water partition coefficient (Wildman–Crippen LogP) is 2.07. The molecule has 0 saturated carbocycles. The third-order valence-corrected chi connectivity index (χ3v) is 1.99. The van der Waals surface area contributed by atoms with Gasteiger partial charge in [-0.15, -0.1) is 0 Å². The summed E-state index contributed by atoms with van der Waals surface area (Å²) in [7, 11) is 1.66. The zero-order chi connectivity index (χ0) is 9.80. The van der Waals surface area contributed by atoms with E-state index in [1.165, 1.54) is 6.26 Å². The molecule has 1 aromatic heterocycles. The van der Waals surface area contributed by atoms with Crippen molar-refractivity contribution in [2.45, 2.75) is 6.42 Å². The molecule has 0 spiro atoms. The normalized spacial score (nSPS) is 10.1. The van der Waals surface area contributed by atoms with Crippen LogP contribution in [0.25, 0.3) is 0 Å². The van der Waals surface area contributed by atoms with E-state index in [2.05, 4.69) is 11.2 Å². The number of hydrogen-bond acceptors (Lipinski definition) is 3. The van der Waals surface area contributed by atoms with Gasteiger partial charge < -0.3 is 9.26 Å². The summed E-state index contributed by atoms with van der Waals surface area (Å²) in [4.78, 5) is 0. The van der Waals surface area contributed by atoms with E-state index < -0.39 is 0 Å². The lowest BCUT2D eigenvalue weighted by Crippen LogP contribution is -1.93. The maximum absolute atomic E-state index is 5.22. The average molecular weight is 188 g/mol. The quantitative estimate of drug-likeness (QED) is 0.739. The summed E-state index contributed by atoms with van der Waals surface area (Å²) in [5.41, 5.74) is 1.87. The van der Waals surface area contributed by atoms with Gasteiger partial charge in [-0.05, 0) is 6.07 Å². The predicted molar refractivity (Wildman–Crippen MR) is 51.1 cm³/mol. The molecular formula is C11H10NO2. The molecule has 14 heavy (non-hydrogen) atoms. The smallest absolute Gasteiger partial charge is 0.132 e. The second kappa shape index (κ2) is 3.96. The van der Waals surface area contributed by atoms with E-state index in [1.54, 1.807) is 7.11 Å². The Balaban J connectivity index is 2.24. The first-order valence-electron chi connectivity index (χ1n) is 4.33. The Morgan fingerprint density at radius 3 is 3.00 bits per heavy atom. The largest absolute Gasteiger partial charge is 0.496 e. The van der Waals surface area contributed by atoms with E-state index in [-0.39, 0.29) is 0 Å². The molecule has 2 rings (SSSR count). The van der Waals surface area contributed by atoms with Crippen LogP contribution in [0.15, 0.2) is 35.1 Å². The zero-order valence-corrected chi connectivity index (χ0v) is 7.86. The van der Waals surface area contributed by atoms with Crippen molar-refractivity contribution < 1.29 is 9.26 Å². The third-order valence-electron chi connectivity index (χ3n) is 1.99. The van der Waals surface area contributed by atoms with Crippen LogP contribution < -0.4 is 4.74 Å². The van der Waals surface area contributed by atoms with Gasteiger partial charge in [0.15, 0.2) is 0 Å². The fraction of sp³-hybridized carbons (Fsp3) is 0.182. The second-order valence-electron chi connectivity index (χ2n) is 2.89.